The van der Waals surface area contributed by atoms with Gasteiger partial charge in [0.2, 0.25) is 0 Å². The maximum absolute atomic E-state index is 13.3. The van der Waals surface area contributed by atoms with Gasteiger partial charge >= 0.3 is 0 Å². The van der Waals surface area contributed by atoms with Crippen molar-refractivity contribution in [3.8, 4) is 16.9 Å². The van der Waals surface area contributed by atoms with Crippen molar-refractivity contribution in [3.63, 3.8) is 0 Å². The fraction of sp³-hybridized carbons (Fsp3) is 0.100. The number of aromatic nitrogens is 2. The van der Waals surface area contributed by atoms with E-state index in [1.54, 1.807) is 47.7 Å². The molecule has 2 N–H and O–H groups in total. The number of rotatable bonds is 3. The molecule has 2 aromatic heterocycles. The third-order valence-electron chi connectivity index (χ3n) is 4.10. The van der Waals surface area contributed by atoms with Gasteiger partial charge in [0.25, 0.3) is 0 Å². The standard InChI is InChI=1S/C20H16FN3OS/c1-11-17(13-3-5-14(21)6-4-13)18-19(22-12(2)23-20(18)26-11)24-15-7-9-16(25)10-8-15/h3-10,25H,1-2H3,(H,22,23,24). The van der Waals surface area contributed by atoms with Crippen molar-refractivity contribution in [3.05, 3.63) is 65.0 Å². The molecule has 0 amide bonds. The van der Waals surface area contributed by atoms with Crippen LogP contribution in [-0.4, -0.2) is 15.1 Å². The molecular formula is C20H16FN3OS. The molecule has 130 valence electrons. The smallest absolute Gasteiger partial charge is 0.143 e. The highest BCUT2D eigenvalue weighted by atomic mass is 32.1. The maximum atomic E-state index is 13.3. The van der Waals surface area contributed by atoms with E-state index in [2.05, 4.69) is 15.3 Å². The molecule has 0 unspecified atom stereocenters. The van der Waals surface area contributed by atoms with Crippen LogP contribution in [0.2, 0.25) is 0 Å². The van der Waals surface area contributed by atoms with E-state index in [9.17, 15) is 9.50 Å². The van der Waals surface area contributed by atoms with Crippen LogP contribution in [-0.2, 0) is 0 Å². The minimum Gasteiger partial charge on any atom is -0.508 e. The minimum absolute atomic E-state index is 0.206. The molecule has 0 saturated carbocycles. The maximum Gasteiger partial charge on any atom is 0.143 e. The van der Waals surface area contributed by atoms with Gasteiger partial charge in [0.05, 0.1) is 5.39 Å². The summed E-state index contributed by atoms with van der Waals surface area (Å²) >= 11 is 1.59. The van der Waals surface area contributed by atoms with Crippen LogP contribution in [0, 0.1) is 19.7 Å². The Balaban J connectivity index is 1.91. The normalized spacial score (nSPS) is 11.0. The third-order valence-corrected chi connectivity index (χ3v) is 5.10. The molecule has 0 fully saturated rings. The van der Waals surface area contributed by atoms with Gasteiger partial charge in [-0.3, -0.25) is 0 Å². The summed E-state index contributed by atoms with van der Waals surface area (Å²) in [6.07, 6.45) is 0. The zero-order chi connectivity index (χ0) is 18.3. The summed E-state index contributed by atoms with van der Waals surface area (Å²) in [4.78, 5) is 11.1. The summed E-state index contributed by atoms with van der Waals surface area (Å²) in [5, 5.41) is 13.7. The number of nitrogens with one attached hydrogen (secondary N) is 1. The van der Waals surface area contributed by atoms with Crippen LogP contribution in [0.25, 0.3) is 21.3 Å². The highest BCUT2D eigenvalue weighted by Crippen LogP contribution is 2.41. The molecule has 4 rings (SSSR count). The lowest BCUT2D eigenvalue weighted by Crippen LogP contribution is -1.98. The molecular weight excluding hydrogens is 349 g/mol. The van der Waals surface area contributed by atoms with E-state index in [1.165, 1.54) is 12.1 Å². The molecule has 0 bridgehead atoms. The molecule has 2 aromatic carbocycles. The number of phenolic OH excluding ortho intramolecular Hbond substituents is 1. The summed E-state index contributed by atoms with van der Waals surface area (Å²) < 4.78 is 13.3. The van der Waals surface area contributed by atoms with E-state index in [4.69, 9.17) is 0 Å². The van der Waals surface area contributed by atoms with Crippen molar-refractivity contribution in [2.45, 2.75) is 13.8 Å². The van der Waals surface area contributed by atoms with E-state index < -0.39 is 0 Å². The number of benzene rings is 2. The predicted octanol–water partition coefficient (Wildman–Crippen LogP) is 5.56. The van der Waals surface area contributed by atoms with Gasteiger partial charge in [-0.05, 0) is 55.8 Å². The van der Waals surface area contributed by atoms with E-state index in [-0.39, 0.29) is 11.6 Å². The number of hydrogen-bond acceptors (Lipinski definition) is 5. The molecule has 2 heterocycles. The predicted molar refractivity (Wildman–Crippen MR) is 104 cm³/mol. The number of thiophene rings is 1. The van der Waals surface area contributed by atoms with Gasteiger partial charge in [-0.1, -0.05) is 12.1 Å². The number of anilines is 2. The third kappa shape index (κ3) is 2.99. The molecule has 0 radical (unpaired) electrons. The quantitative estimate of drug-likeness (QED) is 0.467. The van der Waals surface area contributed by atoms with Crippen LogP contribution < -0.4 is 5.32 Å². The van der Waals surface area contributed by atoms with Gasteiger partial charge in [-0.2, -0.15) is 0 Å². The number of aromatic hydroxyl groups is 1. The van der Waals surface area contributed by atoms with E-state index in [1.807, 2.05) is 13.8 Å². The van der Waals surface area contributed by atoms with Crippen LogP contribution >= 0.6 is 11.3 Å². The summed E-state index contributed by atoms with van der Waals surface area (Å²) in [5.41, 5.74) is 2.75. The summed E-state index contributed by atoms with van der Waals surface area (Å²) in [7, 11) is 0. The fourth-order valence-corrected chi connectivity index (χ4v) is 4.04. The zero-order valence-corrected chi connectivity index (χ0v) is 15.1. The lowest BCUT2D eigenvalue weighted by Gasteiger charge is -2.10. The van der Waals surface area contributed by atoms with Crippen LogP contribution in [0.5, 0.6) is 5.75 Å². The molecule has 0 saturated heterocycles. The van der Waals surface area contributed by atoms with Crippen LogP contribution in [0.4, 0.5) is 15.9 Å². The molecule has 0 spiro atoms. The topological polar surface area (TPSA) is 58.0 Å². The highest BCUT2D eigenvalue weighted by Gasteiger charge is 2.18. The number of nitrogens with zero attached hydrogens (tertiary/aromatic N) is 2. The first-order valence-electron chi connectivity index (χ1n) is 8.11. The Morgan fingerprint density at radius 2 is 1.65 bits per heavy atom. The number of hydrogen-bond donors (Lipinski definition) is 2. The number of aryl methyl sites for hydroxylation is 2. The SMILES string of the molecule is Cc1nc(Nc2ccc(O)cc2)c2c(-c3ccc(F)cc3)c(C)sc2n1. The molecule has 26 heavy (non-hydrogen) atoms. The van der Waals surface area contributed by atoms with Gasteiger partial charge in [0.15, 0.2) is 0 Å². The molecule has 6 heteroatoms. The molecule has 0 aliphatic carbocycles. The zero-order valence-electron chi connectivity index (χ0n) is 14.2. The lowest BCUT2D eigenvalue weighted by molar-refractivity contribution is 0.475. The Morgan fingerprint density at radius 1 is 0.962 bits per heavy atom. The van der Waals surface area contributed by atoms with Gasteiger partial charge in [-0.15, -0.1) is 11.3 Å². The van der Waals surface area contributed by atoms with E-state index in [0.717, 1.165) is 31.9 Å². The van der Waals surface area contributed by atoms with Gasteiger partial charge in [-0.25, -0.2) is 14.4 Å². The Hall–Kier alpha value is -2.99. The van der Waals surface area contributed by atoms with E-state index in [0.29, 0.717) is 11.6 Å². The Labute approximate surface area is 154 Å². The van der Waals surface area contributed by atoms with Crippen molar-refractivity contribution >= 4 is 33.1 Å². The lowest BCUT2D eigenvalue weighted by atomic mass is 10.0. The molecule has 4 aromatic rings. The van der Waals surface area contributed by atoms with Crippen molar-refractivity contribution in [1.29, 1.82) is 0 Å². The van der Waals surface area contributed by atoms with Gasteiger partial charge < -0.3 is 10.4 Å². The number of fused-ring (bicyclic) bond motifs is 1. The second kappa shape index (κ2) is 6.38. The van der Waals surface area contributed by atoms with Crippen molar-refractivity contribution in [1.82, 2.24) is 9.97 Å². The first-order valence-corrected chi connectivity index (χ1v) is 8.92. The average Bonchev–Trinajstić information content (AvgIpc) is 2.93. The second-order valence-electron chi connectivity index (χ2n) is 6.01. The fourth-order valence-electron chi connectivity index (χ4n) is 2.95. The Kier molecular flexibility index (Phi) is 4.05. The number of phenols is 1. The Bertz CT molecular complexity index is 1090. The van der Waals surface area contributed by atoms with Gasteiger partial charge in [0, 0.05) is 16.1 Å². The molecule has 0 aliphatic rings. The summed E-state index contributed by atoms with van der Waals surface area (Å²) in [5.74, 6) is 1.31. The van der Waals surface area contributed by atoms with Crippen LogP contribution in [0.3, 0.4) is 0 Å². The number of halogens is 1. The average molecular weight is 365 g/mol. The van der Waals surface area contributed by atoms with E-state index >= 15 is 0 Å². The minimum atomic E-state index is -0.263. The molecule has 0 aliphatic heterocycles. The monoisotopic (exact) mass is 365 g/mol. The second-order valence-corrected chi connectivity index (χ2v) is 7.21. The molecule has 4 nitrogen and oxygen atoms in total. The highest BCUT2D eigenvalue weighted by molar-refractivity contribution is 7.19. The summed E-state index contributed by atoms with van der Waals surface area (Å²) in [6.45, 7) is 3.89. The van der Waals surface area contributed by atoms with Gasteiger partial charge in [0.1, 0.15) is 28.0 Å². The van der Waals surface area contributed by atoms with Crippen LogP contribution in [0.15, 0.2) is 48.5 Å². The largest absolute Gasteiger partial charge is 0.508 e. The summed E-state index contributed by atoms with van der Waals surface area (Å²) in [6, 6.07) is 13.3. The molecule has 0 atom stereocenters. The Morgan fingerprint density at radius 3 is 2.35 bits per heavy atom. The first kappa shape index (κ1) is 16.5. The van der Waals surface area contributed by atoms with Crippen molar-refractivity contribution in [2.75, 3.05) is 5.32 Å². The van der Waals surface area contributed by atoms with Crippen molar-refractivity contribution < 1.29 is 9.50 Å². The van der Waals surface area contributed by atoms with Crippen molar-refractivity contribution in [2.24, 2.45) is 0 Å². The van der Waals surface area contributed by atoms with Crippen LogP contribution in [0.1, 0.15) is 10.7 Å². The first-order chi connectivity index (χ1) is 12.5.